The summed E-state index contributed by atoms with van der Waals surface area (Å²) >= 11 is 5.34. The minimum absolute atomic E-state index is 0.355. The van der Waals surface area contributed by atoms with Crippen LogP contribution in [0.2, 0.25) is 0 Å². The van der Waals surface area contributed by atoms with Crippen molar-refractivity contribution < 1.29 is 17.9 Å². The Morgan fingerprint density at radius 3 is 2.29 bits per heavy atom. The molecule has 0 fully saturated rings. The topological polar surface area (TPSA) is 63.7 Å². The number of carbonyl (C=O) groups excluding carboxylic acids is 1. The molecule has 0 saturated heterocycles. The van der Waals surface area contributed by atoms with Gasteiger partial charge in [0.2, 0.25) is 10.0 Å². The number of nitrogens with zero attached hydrogens (tertiary/aromatic N) is 1. The molecule has 17 heavy (non-hydrogen) atoms. The van der Waals surface area contributed by atoms with Gasteiger partial charge in [0.05, 0.1) is 18.4 Å². The number of benzene rings is 1. The van der Waals surface area contributed by atoms with Crippen LogP contribution in [0.3, 0.4) is 0 Å². The first-order valence-electron chi connectivity index (χ1n) is 4.63. The molecule has 94 valence electrons. The van der Waals surface area contributed by atoms with E-state index in [-0.39, 0.29) is 0 Å². The molecule has 0 radical (unpaired) electrons. The number of rotatable bonds is 4. The third-order valence-electron chi connectivity index (χ3n) is 2.21. The van der Waals surface area contributed by atoms with Crippen LogP contribution in [-0.2, 0) is 14.8 Å². The molecule has 0 unspecified atom stereocenters. The van der Waals surface area contributed by atoms with Crippen molar-refractivity contribution in [2.75, 3.05) is 23.7 Å². The normalized spacial score (nSPS) is 11.0. The maximum atomic E-state index is 11.5. The molecule has 0 aliphatic heterocycles. The van der Waals surface area contributed by atoms with Crippen molar-refractivity contribution in [3.63, 3.8) is 0 Å². The average molecular weight is 278 g/mol. The van der Waals surface area contributed by atoms with E-state index in [1.807, 2.05) is 0 Å². The number of hydrogen-bond donors (Lipinski definition) is 0. The highest BCUT2D eigenvalue weighted by Gasteiger charge is 2.17. The maximum absolute atomic E-state index is 11.5. The predicted molar refractivity (Wildman–Crippen MR) is 65.8 cm³/mol. The molecule has 1 aromatic carbocycles. The van der Waals surface area contributed by atoms with Gasteiger partial charge < -0.3 is 4.74 Å². The van der Waals surface area contributed by atoms with Gasteiger partial charge in [0.1, 0.15) is 5.21 Å². The average Bonchev–Trinajstić information content (AvgIpc) is 2.37. The van der Waals surface area contributed by atoms with Gasteiger partial charge in [-0.2, -0.15) is 0 Å². The lowest BCUT2D eigenvalue weighted by atomic mass is 10.2. The number of sulfonamides is 1. The fourth-order valence-corrected chi connectivity index (χ4v) is 2.19. The summed E-state index contributed by atoms with van der Waals surface area (Å²) in [5.74, 6) is -0.473. The summed E-state index contributed by atoms with van der Waals surface area (Å²) in [6.07, 6.45) is 0. The van der Waals surface area contributed by atoms with E-state index in [1.165, 1.54) is 38.4 Å². The molecule has 0 aliphatic rings. The minimum atomic E-state index is -3.51. The summed E-state index contributed by atoms with van der Waals surface area (Å²) in [6.45, 7) is 0. The number of methoxy groups -OCH3 is 1. The first kappa shape index (κ1) is 13.8. The van der Waals surface area contributed by atoms with Crippen LogP contribution in [0, 0.1) is 0 Å². The standard InChI is InChI=1S/C10H12ClNO4S/c1-12(17(14,15)7-11)9-5-3-8(4-6-9)10(13)16-2/h3-6H,7H2,1-2H3. The lowest BCUT2D eigenvalue weighted by Gasteiger charge is -2.17. The molecule has 1 rings (SSSR count). The third kappa shape index (κ3) is 3.10. The molecule has 0 bridgehead atoms. The summed E-state index contributed by atoms with van der Waals surface area (Å²) in [5, 5.41) is -0.498. The van der Waals surface area contributed by atoms with Crippen LogP contribution in [0.5, 0.6) is 0 Å². The molecule has 0 amide bonds. The van der Waals surface area contributed by atoms with Crippen molar-refractivity contribution in [2.45, 2.75) is 0 Å². The van der Waals surface area contributed by atoms with Crippen LogP contribution in [0.4, 0.5) is 5.69 Å². The second-order valence-electron chi connectivity index (χ2n) is 3.23. The highest BCUT2D eigenvalue weighted by Crippen LogP contribution is 2.18. The minimum Gasteiger partial charge on any atom is -0.465 e. The first-order chi connectivity index (χ1) is 7.92. The molecule has 0 aliphatic carbocycles. The Morgan fingerprint density at radius 2 is 1.88 bits per heavy atom. The van der Waals surface area contributed by atoms with Gasteiger partial charge in [-0.25, -0.2) is 13.2 Å². The highest BCUT2D eigenvalue weighted by molar-refractivity contribution is 7.93. The molecule has 5 nitrogen and oxygen atoms in total. The smallest absolute Gasteiger partial charge is 0.337 e. The van der Waals surface area contributed by atoms with Crippen LogP contribution >= 0.6 is 11.6 Å². The second-order valence-corrected chi connectivity index (χ2v) is 5.81. The zero-order valence-electron chi connectivity index (χ0n) is 9.38. The summed E-state index contributed by atoms with van der Waals surface area (Å²) in [5.41, 5.74) is 0.784. The molecule has 0 atom stereocenters. The van der Waals surface area contributed by atoms with Crippen LogP contribution in [0.15, 0.2) is 24.3 Å². The quantitative estimate of drug-likeness (QED) is 0.617. The monoisotopic (exact) mass is 277 g/mol. The van der Waals surface area contributed by atoms with E-state index in [4.69, 9.17) is 11.6 Å². The van der Waals surface area contributed by atoms with Crippen molar-refractivity contribution in [3.05, 3.63) is 29.8 Å². The number of carbonyl (C=O) groups is 1. The van der Waals surface area contributed by atoms with Crippen molar-refractivity contribution in [2.24, 2.45) is 0 Å². The van der Waals surface area contributed by atoms with Crippen molar-refractivity contribution in [1.82, 2.24) is 0 Å². The van der Waals surface area contributed by atoms with E-state index in [0.29, 0.717) is 11.3 Å². The van der Waals surface area contributed by atoms with Gasteiger partial charge in [-0.05, 0) is 24.3 Å². The van der Waals surface area contributed by atoms with E-state index in [2.05, 4.69) is 4.74 Å². The number of alkyl halides is 1. The lowest BCUT2D eigenvalue weighted by molar-refractivity contribution is 0.0601. The lowest BCUT2D eigenvalue weighted by Crippen LogP contribution is -2.27. The molecular weight excluding hydrogens is 266 g/mol. The maximum Gasteiger partial charge on any atom is 0.337 e. The molecule has 0 aromatic heterocycles. The second kappa shape index (κ2) is 5.37. The Bertz CT molecular complexity index is 498. The molecule has 7 heteroatoms. The van der Waals surface area contributed by atoms with Gasteiger partial charge >= 0.3 is 5.97 Å². The molecule has 0 saturated carbocycles. The van der Waals surface area contributed by atoms with Crippen molar-refractivity contribution in [3.8, 4) is 0 Å². The molecular formula is C10H12ClNO4S. The molecule has 0 spiro atoms. The van der Waals surface area contributed by atoms with E-state index < -0.39 is 21.2 Å². The predicted octanol–water partition coefficient (Wildman–Crippen LogP) is 1.44. The number of halogens is 1. The Balaban J connectivity index is 3.00. The summed E-state index contributed by atoms with van der Waals surface area (Å²) in [7, 11) is -0.836. The van der Waals surface area contributed by atoms with Gasteiger partial charge in [-0.15, -0.1) is 11.6 Å². The van der Waals surface area contributed by atoms with Crippen LogP contribution in [-0.4, -0.2) is 33.8 Å². The molecule has 1 aromatic rings. The first-order valence-corrected chi connectivity index (χ1v) is 6.77. The van der Waals surface area contributed by atoms with Gasteiger partial charge in [-0.3, -0.25) is 4.31 Å². The van der Waals surface area contributed by atoms with Crippen LogP contribution in [0.25, 0.3) is 0 Å². The largest absolute Gasteiger partial charge is 0.465 e. The number of hydrogen-bond acceptors (Lipinski definition) is 4. The van der Waals surface area contributed by atoms with Gasteiger partial charge in [-0.1, -0.05) is 0 Å². The van der Waals surface area contributed by atoms with E-state index in [1.54, 1.807) is 0 Å². The van der Waals surface area contributed by atoms with E-state index in [9.17, 15) is 13.2 Å². The number of esters is 1. The van der Waals surface area contributed by atoms with Crippen molar-refractivity contribution in [1.29, 1.82) is 0 Å². The summed E-state index contributed by atoms with van der Waals surface area (Å²) in [4.78, 5) is 11.2. The van der Waals surface area contributed by atoms with Gasteiger partial charge in [0.25, 0.3) is 0 Å². The molecule has 0 heterocycles. The fourth-order valence-electron chi connectivity index (χ4n) is 1.16. The molecule has 0 N–H and O–H groups in total. The van der Waals surface area contributed by atoms with Crippen LogP contribution in [0.1, 0.15) is 10.4 Å². The number of ether oxygens (including phenoxy) is 1. The third-order valence-corrected chi connectivity index (χ3v) is 4.36. The SMILES string of the molecule is COC(=O)c1ccc(N(C)S(=O)(=O)CCl)cc1. The Labute approximate surface area is 105 Å². The Hall–Kier alpha value is -1.27. The van der Waals surface area contributed by atoms with Gasteiger partial charge in [0.15, 0.2) is 0 Å². The van der Waals surface area contributed by atoms with Crippen molar-refractivity contribution >= 4 is 33.3 Å². The summed E-state index contributed by atoms with van der Waals surface area (Å²) in [6, 6.07) is 6.00. The van der Waals surface area contributed by atoms with Gasteiger partial charge in [0, 0.05) is 7.05 Å². The highest BCUT2D eigenvalue weighted by atomic mass is 35.5. The van der Waals surface area contributed by atoms with E-state index >= 15 is 0 Å². The number of anilines is 1. The van der Waals surface area contributed by atoms with E-state index in [0.717, 1.165) is 4.31 Å². The Kier molecular flexibility index (Phi) is 4.36. The van der Waals surface area contributed by atoms with Crippen LogP contribution < -0.4 is 4.31 Å². The fraction of sp³-hybridized carbons (Fsp3) is 0.300. The zero-order valence-corrected chi connectivity index (χ0v) is 11.0. The zero-order chi connectivity index (χ0) is 13.1. The Morgan fingerprint density at radius 1 is 1.35 bits per heavy atom. The summed E-state index contributed by atoms with van der Waals surface area (Å²) < 4.78 is 28.5.